The molecule has 0 aliphatic carbocycles. The van der Waals surface area contributed by atoms with Crippen LogP contribution in [0.2, 0.25) is 0 Å². The average molecular weight is 397 g/mol. The van der Waals surface area contributed by atoms with E-state index in [0.29, 0.717) is 0 Å². The number of nitrogens with one attached hydrogen (secondary N) is 1. The Morgan fingerprint density at radius 3 is 2.41 bits per heavy atom. The fourth-order valence-corrected chi connectivity index (χ4v) is 3.52. The van der Waals surface area contributed by atoms with Crippen LogP contribution in [0, 0.1) is 20.8 Å². The molecular weight excluding hydrogens is 364 g/mol. The molecule has 0 aromatic heterocycles. The zero-order valence-corrected chi connectivity index (χ0v) is 18.1. The van der Waals surface area contributed by atoms with Gasteiger partial charge in [-0.05, 0) is 94.6 Å². The maximum atomic E-state index is 12.6. The number of ether oxygens (including phenoxy) is 2. The Balaban J connectivity index is 1.55. The Bertz CT molecular complexity index is 840. The number of carbonyl (C=O) groups excluding carboxylic acids is 1. The van der Waals surface area contributed by atoms with Crippen molar-refractivity contribution in [2.45, 2.75) is 52.7 Å². The van der Waals surface area contributed by atoms with Crippen molar-refractivity contribution >= 4 is 11.6 Å². The van der Waals surface area contributed by atoms with Gasteiger partial charge < -0.3 is 19.7 Å². The number of hydrogen-bond acceptors (Lipinski definition) is 4. The number of benzene rings is 2. The molecule has 1 atom stereocenters. The first-order valence-electron chi connectivity index (χ1n) is 10.3. The highest BCUT2D eigenvalue weighted by Gasteiger charge is 2.19. The summed E-state index contributed by atoms with van der Waals surface area (Å²) in [5, 5.41) is 2.92. The highest BCUT2D eigenvalue weighted by Crippen LogP contribution is 2.25. The number of anilines is 1. The van der Waals surface area contributed by atoms with Crippen molar-refractivity contribution < 1.29 is 14.3 Å². The van der Waals surface area contributed by atoms with Gasteiger partial charge in [-0.25, -0.2) is 0 Å². The van der Waals surface area contributed by atoms with Crippen LogP contribution >= 0.6 is 0 Å². The van der Waals surface area contributed by atoms with Crippen LogP contribution in [0.5, 0.6) is 11.5 Å². The number of carbonyl (C=O) groups is 1. The number of likely N-dealkylation sites (tertiary alicyclic amines) is 1. The molecule has 0 bridgehead atoms. The lowest BCUT2D eigenvalue weighted by molar-refractivity contribution is -0.122. The predicted molar refractivity (Wildman–Crippen MR) is 117 cm³/mol. The van der Waals surface area contributed by atoms with Crippen LogP contribution in [0.1, 0.15) is 36.5 Å². The van der Waals surface area contributed by atoms with Crippen LogP contribution in [-0.4, -0.2) is 43.2 Å². The third-order valence-electron chi connectivity index (χ3n) is 5.53. The molecule has 0 radical (unpaired) electrons. The highest BCUT2D eigenvalue weighted by atomic mass is 16.5. The summed E-state index contributed by atoms with van der Waals surface area (Å²) in [5.74, 6) is 1.42. The molecule has 3 rings (SSSR count). The number of piperidine rings is 1. The Hall–Kier alpha value is -2.53. The van der Waals surface area contributed by atoms with Gasteiger partial charge in [0.15, 0.2) is 6.10 Å². The summed E-state index contributed by atoms with van der Waals surface area (Å²) in [6.07, 6.45) is 1.76. The van der Waals surface area contributed by atoms with Crippen LogP contribution in [0.15, 0.2) is 36.4 Å². The number of rotatable bonds is 6. The molecule has 2 aromatic rings. The summed E-state index contributed by atoms with van der Waals surface area (Å²) in [6.45, 7) is 9.99. The molecule has 1 saturated heterocycles. The second-order valence-electron chi connectivity index (χ2n) is 8.10. The topological polar surface area (TPSA) is 50.8 Å². The molecular formula is C24H32N2O3. The molecule has 2 aromatic carbocycles. The summed E-state index contributed by atoms with van der Waals surface area (Å²) < 4.78 is 12.0. The van der Waals surface area contributed by atoms with Gasteiger partial charge in [-0.3, -0.25) is 4.79 Å². The third kappa shape index (κ3) is 5.73. The van der Waals surface area contributed by atoms with E-state index in [1.54, 1.807) is 6.92 Å². The van der Waals surface area contributed by atoms with Crippen LogP contribution in [0.3, 0.4) is 0 Å². The number of amides is 1. The average Bonchev–Trinajstić information content (AvgIpc) is 2.69. The molecule has 1 N–H and O–H groups in total. The lowest BCUT2D eigenvalue weighted by Crippen LogP contribution is -2.35. The SMILES string of the molecule is Cc1cc(C)c(C)c(OC(C)C(=O)Nc2ccc(OC3CCN(C)CC3)cc2)c1. The van der Waals surface area contributed by atoms with Crippen molar-refractivity contribution in [2.24, 2.45) is 0 Å². The molecule has 1 fully saturated rings. The zero-order chi connectivity index (χ0) is 21.0. The lowest BCUT2D eigenvalue weighted by atomic mass is 10.1. The van der Waals surface area contributed by atoms with Crippen molar-refractivity contribution in [1.29, 1.82) is 0 Å². The molecule has 0 saturated carbocycles. The molecule has 1 aliphatic rings. The van der Waals surface area contributed by atoms with E-state index < -0.39 is 6.10 Å². The predicted octanol–water partition coefficient (Wildman–Crippen LogP) is 4.49. The fraction of sp³-hybridized carbons (Fsp3) is 0.458. The minimum Gasteiger partial charge on any atom is -0.490 e. The van der Waals surface area contributed by atoms with E-state index in [-0.39, 0.29) is 12.0 Å². The normalized spacial score (nSPS) is 16.3. The van der Waals surface area contributed by atoms with Crippen molar-refractivity contribution in [3.63, 3.8) is 0 Å². The summed E-state index contributed by atoms with van der Waals surface area (Å²) in [5.41, 5.74) is 4.08. The number of aryl methyl sites for hydroxylation is 2. The Kier molecular flexibility index (Phi) is 6.80. The summed E-state index contributed by atoms with van der Waals surface area (Å²) in [4.78, 5) is 14.9. The number of nitrogens with zero attached hydrogens (tertiary/aromatic N) is 1. The monoisotopic (exact) mass is 396 g/mol. The van der Waals surface area contributed by atoms with Gasteiger partial charge in [-0.15, -0.1) is 0 Å². The zero-order valence-electron chi connectivity index (χ0n) is 18.1. The van der Waals surface area contributed by atoms with E-state index >= 15 is 0 Å². The molecule has 29 heavy (non-hydrogen) atoms. The molecule has 156 valence electrons. The van der Waals surface area contributed by atoms with Gasteiger partial charge in [0, 0.05) is 18.8 Å². The highest BCUT2D eigenvalue weighted by molar-refractivity contribution is 5.94. The summed E-state index contributed by atoms with van der Waals surface area (Å²) in [7, 11) is 2.14. The molecule has 1 amide bonds. The molecule has 1 aliphatic heterocycles. The first-order valence-corrected chi connectivity index (χ1v) is 10.3. The van der Waals surface area contributed by atoms with E-state index in [0.717, 1.165) is 59.8 Å². The summed E-state index contributed by atoms with van der Waals surface area (Å²) >= 11 is 0. The van der Waals surface area contributed by atoms with Gasteiger partial charge in [0.2, 0.25) is 0 Å². The Morgan fingerprint density at radius 2 is 1.76 bits per heavy atom. The summed E-state index contributed by atoms with van der Waals surface area (Å²) in [6, 6.07) is 11.7. The molecule has 0 spiro atoms. The Labute approximate surface area is 174 Å². The van der Waals surface area contributed by atoms with E-state index in [2.05, 4.69) is 30.3 Å². The lowest BCUT2D eigenvalue weighted by Gasteiger charge is -2.29. The maximum absolute atomic E-state index is 12.6. The maximum Gasteiger partial charge on any atom is 0.265 e. The van der Waals surface area contributed by atoms with E-state index in [1.807, 2.05) is 44.2 Å². The second kappa shape index (κ2) is 9.31. The van der Waals surface area contributed by atoms with E-state index in [9.17, 15) is 4.79 Å². The molecule has 1 unspecified atom stereocenters. The van der Waals surface area contributed by atoms with Crippen molar-refractivity contribution in [3.05, 3.63) is 53.1 Å². The van der Waals surface area contributed by atoms with Gasteiger partial charge in [0.25, 0.3) is 5.91 Å². The van der Waals surface area contributed by atoms with Crippen LogP contribution in [0.4, 0.5) is 5.69 Å². The minimum absolute atomic E-state index is 0.174. The van der Waals surface area contributed by atoms with E-state index in [4.69, 9.17) is 9.47 Å². The molecule has 5 heteroatoms. The molecule has 1 heterocycles. The quantitative estimate of drug-likeness (QED) is 0.782. The van der Waals surface area contributed by atoms with Gasteiger partial charge in [-0.2, -0.15) is 0 Å². The van der Waals surface area contributed by atoms with Crippen molar-refractivity contribution in [2.75, 3.05) is 25.5 Å². The molecule has 5 nitrogen and oxygen atoms in total. The van der Waals surface area contributed by atoms with Crippen LogP contribution in [0.25, 0.3) is 0 Å². The first-order chi connectivity index (χ1) is 13.8. The minimum atomic E-state index is -0.593. The smallest absolute Gasteiger partial charge is 0.265 e. The largest absolute Gasteiger partial charge is 0.490 e. The van der Waals surface area contributed by atoms with Gasteiger partial charge in [0.1, 0.15) is 17.6 Å². The van der Waals surface area contributed by atoms with Crippen molar-refractivity contribution in [3.8, 4) is 11.5 Å². The standard InChI is InChI=1S/C24H32N2O3/c1-16-14-17(2)18(3)23(15-16)28-19(4)24(27)25-20-6-8-21(9-7-20)29-22-10-12-26(5)13-11-22/h6-9,14-15,19,22H,10-13H2,1-5H3,(H,25,27). The van der Waals surface area contributed by atoms with Gasteiger partial charge >= 0.3 is 0 Å². The van der Waals surface area contributed by atoms with E-state index in [1.165, 1.54) is 0 Å². The van der Waals surface area contributed by atoms with Gasteiger partial charge in [-0.1, -0.05) is 6.07 Å². The Morgan fingerprint density at radius 1 is 1.10 bits per heavy atom. The third-order valence-corrected chi connectivity index (χ3v) is 5.53. The first kappa shape index (κ1) is 21.2. The fourth-order valence-electron chi connectivity index (χ4n) is 3.52. The van der Waals surface area contributed by atoms with Crippen LogP contribution < -0.4 is 14.8 Å². The van der Waals surface area contributed by atoms with Crippen LogP contribution in [-0.2, 0) is 4.79 Å². The second-order valence-corrected chi connectivity index (χ2v) is 8.10. The van der Waals surface area contributed by atoms with Crippen molar-refractivity contribution in [1.82, 2.24) is 4.90 Å². The number of hydrogen-bond donors (Lipinski definition) is 1. The van der Waals surface area contributed by atoms with Gasteiger partial charge in [0.05, 0.1) is 0 Å².